The smallest absolute Gasteiger partial charge is 0.117 e. The Bertz CT molecular complexity index is 271. The van der Waals surface area contributed by atoms with Crippen LogP contribution in [0, 0.1) is 0 Å². The molecule has 0 aliphatic rings. The molecule has 1 aromatic rings. The Labute approximate surface area is 82.0 Å². The van der Waals surface area contributed by atoms with Crippen LogP contribution >= 0.6 is 11.6 Å². The van der Waals surface area contributed by atoms with E-state index in [0.717, 1.165) is 0 Å². The number of phenolic OH excluding ortho intramolecular Hbond substituents is 1. The van der Waals surface area contributed by atoms with Gasteiger partial charge in [0.1, 0.15) is 5.75 Å². The Morgan fingerprint density at radius 2 is 2.15 bits per heavy atom. The van der Waals surface area contributed by atoms with E-state index in [4.69, 9.17) is 11.6 Å². The molecule has 4 heteroatoms. The molecule has 0 saturated carbocycles. The Kier molecular flexibility index (Phi) is 3.54. The minimum Gasteiger partial charge on any atom is -0.508 e. The summed E-state index contributed by atoms with van der Waals surface area (Å²) in [7, 11) is 1.74. The molecular weight excluding hydrogens is 190 g/mol. The van der Waals surface area contributed by atoms with E-state index in [-0.39, 0.29) is 5.75 Å². The van der Waals surface area contributed by atoms with Crippen molar-refractivity contribution in [3.8, 4) is 5.75 Å². The van der Waals surface area contributed by atoms with E-state index in [9.17, 15) is 10.2 Å². The van der Waals surface area contributed by atoms with Crippen molar-refractivity contribution in [1.29, 1.82) is 0 Å². The zero-order valence-electron chi connectivity index (χ0n) is 7.29. The first-order valence-electron chi connectivity index (χ1n) is 3.95. The number of phenols is 1. The average Bonchev–Trinajstić information content (AvgIpc) is 2.03. The molecule has 72 valence electrons. The number of aromatic hydroxyl groups is 1. The number of halogens is 1. The van der Waals surface area contributed by atoms with Gasteiger partial charge in [0.25, 0.3) is 0 Å². The molecular formula is C9H12ClNO2. The van der Waals surface area contributed by atoms with Gasteiger partial charge in [0.05, 0.1) is 6.10 Å². The highest BCUT2D eigenvalue weighted by Crippen LogP contribution is 2.23. The number of aliphatic hydroxyl groups excluding tert-OH is 1. The molecule has 13 heavy (non-hydrogen) atoms. The van der Waals surface area contributed by atoms with E-state index in [2.05, 4.69) is 5.32 Å². The Morgan fingerprint density at radius 3 is 2.69 bits per heavy atom. The minimum atomic E-state index is -0.644. The molecule has 1 rings (SSSR count). The molecule has 1 atom stereocenters. The molecule has 1 aromatic carbocycles. The van der Waals surface area contributed by atoms with Crippen LogP contribution in [0.4, 0.5) is 0 Å². The van der Waals surface area contributed by atoms with Crippen LogP contribution in [0.5, 0.6) is 5.75 Å². The third-order valence-corrected chi connectivity index (χ3v) is 1.91. The van der Waals surface area contributed by atoms with Crippen molar-refractivity contribution in [2.75, 3.05) is 13.6 Å². The number of aliphatic hydroxyl groups is 1. The molecule has 0 aromatic heterocycles. The summed E-state index contributed by atoms with van der Waals surface area (Å²) < 4.78 is 0. The van der Waals surface area contributed by atoms with Crippen molar-refractivity contribution in [3.05, 3.63) is 28.8 Å². The first-order valence-corrected chi connectivity index (χ1v) is 4.33. The fraction of sp³-hybridized carbons (Fsp3) is 0.333. The molecule has 0 heterocycles. The topological polar surface area (TPSA) is 52.5 Å². The number of hydrogen-bond acceptors (Lipinski definition) is 3. The van der Waals surface area contributed by atoms with Crippen molar-refractivity contribution in [1.82, 2.24) is 5.32 Å². The average molecular weight is 202 g/mol. The molecule has 0 bridgehead atoms. The van der Waals surface area contributed by atoms with Crippen molar-refractivity contribution in [2.24, 2.45) is 0 Å². The van der Waals surface area contributed by atoms with Crippen LogP contribution in [-0.2, 0) is 0 Å². The standard InChI is InChI=1S/C9H12ClNO2/c1-11-5-9(13)6-2-7(10)4-8(12)3-6/h2-4,9,11-13H,5H2,1H3. The molecule has 0 radical (unpaired) electrons. The number of benzene rings is 1. The van der Waals surface area contributed by atoms with E-state index >= 15 is 0 Å². The predicted molar refractivity (Wildman–Crippen MR) is 52.0 cm³/mol. The van der Waals surface area contributed by atoms with Gasteiger partial charge in [-0.25, -0.2) is 0 Å². The minimum absolute atomic E-state index is 0.0673. The molecule has 0 aliphatic heterocycles. The van der Waals surface area contributed by atoms with Gasteiger partial charge in [-0.05, 0) is 30.8 Å². The molecule has 0 spiro atoms. The lowest BCUT2D eigenvalue weighted by molar-refractivity contribution is 0.177. The molecule has 3 N–H and O–H groups in total. The fourth-order valence-corrected chi connectivity index (χ4v) is 1.34. The highest BCUT2D eigenvalue weighted by Gasteiger charge is 2.07. The summed E-state index contributed by atoms with van der Waals surface area (Å²) >= 11 is 5.70. The highest BCUT2D eigenvalue weighted by molar-refractivity contribution is 6.30. The number of rotatable bonds is 3. The molecule has 0 amide bonds. The SMILES string of the molecule is CNCC(O)c1cc(O)cc(Cl)c1. The second kappa shape index (κ2) is 4.46. The highest BCUT2D eigenvalue weighted by atomic mass is 35.5. The van der Waals surface area contributed by atoms with Crippen LogP contribution in [0.25, 0.3) is 0 Å². The number of hydrogen-bond donors (Lipinski definition) is 3. The van der Waals surface area contributed by atoms with Crippen molar-refractivity contribution < 1.29 is 10.2 Å². The molecule has 0 aliphatic carbocycles. The van der Waals surface area contributed by atoms with Gasteiger partial charge in [-0.2, -0.15) is 0 Å². The van der Waals surface area contributed by atoms with Gasteiger partial charge in [0, 0.05) is 11.6 Å². The second-order valence-electron chi connectivity index (χ2n) is 2.82. The van der Waals surface area contributed by atoms with Crippen molar-refractivity contribution in [2.45, 2.75) is 6.10 Å². The normalized spacial score (nSPS) is 12.8. The van der Waals surface area contributed by atoms with E-state index < -0.39 is 6.10 Å². The van der Waals surface area contributed by atoms with E-state index in [0.29, 0.717) is 17.1 Å². The van der Waals surface area contributed by atoms with Crippen LogP contribution in [0.2, 0.25) is 5.02 Å². The first-order chi connectivity index (χ1) is 6.13. The summed E-state index contributed by atoms with van der Waals surface area (Å²) in [4.78, 5) is 0. The zero-order chi connectivity index (χ0) is 9.84. The second-order valence-corrected chi connectivity index (χ2v) is 3.25. The van der Waals surface area contributed by atoms with Gasteiger partial charge < -0.3 is 15.5 Å². The summed E-state index contributed by atoms with van der Waals surface area (Å²) in [6, 6.07) is 4.55. The van der Waals surface area contributed by atoms with Crippen LogP contribution in [0.3, 0.4) is 0 Å². The Morgan fingerprint density at radius 1 is 1.46 bits per heavy atom. The molecule has 0 saturated heterocycles. The predicted octanol–water partition coefficient (Wildman–Crippen LogP) is 1.30. The van der Waals surface area contributed by atoms with Crippen molar-refractivity contribution in [3.63, 3.8) is 0 Å². The summed E-state index contributed by atoms with van der Waals surface area (Å²) in [5.41, 5.74) is 0.611. The largest absolute Gasteiger partial charge is 0.508 e. The summed E-state index contributed by atoms with van der Waals surface area (Å²) in [6.07, 6.45) is -0.644. The monoisotopic (exact) mass is 201 g/mol. The molecule has 3 nitrogen and oxygen atoms in total. The van der Waals surface area contributed by atoms with Crippen molar-refractivity contribution >= 4 is 11.6 Å². The zero-order valence-corrected chi connectivity index (χ0v) is 8.04. The number of likely N-dealkylation sites (N-methyl/N-ethyl adjacent to an activating group) is 1. The van der Waals surface area contributed by atoms with Gasteiger partial charge in [-0.3, -0.25) is 0 Å². The van der Waals surface area contributed by atoms with Gasteiger partial charge >= 0.3 is 0 Å². The third-order valence-electron chi connectivity index (χ3n) is 1.69. The van der Waals surface area contributed by atoms with Gasteiger partial charge in [-0.1, -0.05) is 11.6 Å². The van der Waals surface area contributed by atoms with Gasteiger partial charge in [0.15, 0.2) is 0 Å². The quantitative estimate of drug-likeness (QED) is 0.691. The first kappa shape index (κ1) is 10.3. The van der Waals surface area contributed by atoms with E-state index in [1.165, 1.54) is 12.1 Å². The maximum atomic E-state index is 9.54. The van der Waals surface area contributed by atoms with Gasteiger partial charge in [-0.15, -0.1) is 0 Å². The maximum Gasteiger partial charge on any atom is 0.117 e. The lowest BCUT2D eigenvalue weighted by atomic mass is 10.1. The summed E-state index contributed by atoms with van der Waals surface area (Å²) in [5, 5.41) is 22.0. The maximum absolute atomic E-state index is 9.54. The third kappa shape index (κ3) is 2.88. The van der Waals surface area contributed by atoms with E-state index in [1.54, 1.807) is 13.1 Å². The van der Waals surface area contributed by atoms with Gasteiger partial charge in [0.2, 0.25) is 0 Å². The lowest BCUT2D eigenvalue weighted by Gasteiger charge is -2.10. The van der Waals surface area contributed by atoms with E-state index in [1.807, 2.05) is 0 Å². The Balaban J connectivity index is 2.87. The van der Waals surface area contributed by atoms with Crippen LogP contribution < -0.4 is 5.32 Å². The summed E-state index contributed by atoms with van der Waals surface area (Å²) in [5.74, 6) is 0.0673. The van der Waals surface area contributed by atoms with Crippen LogP contribution in [0.1, 0.15) is 11.7 Å². The number of nitrogens with one attached hydrogen (secondary N) is 1. The van der Waals surface area contributed by atoms with Crippen LogP contribution in [-0.4, -0.2) is 23.8 Å². The lowest BCUT2D eigenvalue weighted by Crippen LogP contribution is -2.16. The molecule has 0 fully saturated rings. The summed E-state index contributed by atoms with van der Waals surface area (Å²) in [6.45, 7) is 0.430. The fourth-order valence-electron chi connectivity index (χ4n) is 1.10. The van der Waals surface area contributed by atoms with Crippen LogP contribution in [0.15, 0.2) is 18.2 Å². The molecule has 1 unspecified atom stereocenters. The Hall–Kier alpha value is -0.770.